The van der Waals surface area contributed by atoms with E-state index in [0.29, 0.717) is 13.2 Å². The molecule has 0 aliphatic heterocycles. The molecule has 4 nitrogen and oxygen atoms in total. The van der Waals surface area contributed by atoms with E-state index in [4.69, 9.17) is 10.5 Å². The fourth-order valence-corrected chi connectivity index (χ4v) is 2.23. The molecular formula is C18H19N3O. The monoisotopic (exact) mass is 293 g/mol. The van der Waals surface area contributed by atoms with Crippen LogP contribution in [0.4, 0.5) is 0 Å². The molecule has 2 heterocycles. The molecule has 0 fully saturated rings. The van der Waals surface area contributed by atoms with E-state index in [1.807, 2.05) is 60.1 Å². The summed E-state index contributed by atoms with van der Waals surface area (Å²) in [6, 6.07) is 11.9. The summed E-state index contributed by atoms with van der Waals surface area (Å²) in [5.74, 6) is 0.834. The topological polar surface area (TPSA) is 52.5 Å². The Hall–Kier alpha value is -2.59. The second-order valence-corrected chi connectivity index (χ2v) is 5.40. The lowest BCUT2D eigenvalue weighted by atomic mass is 10.1. The van der Waals surface area contributed by atoms with Crippen LogP contribution in [0.25, 0.3) is 16.9 Å². The van der Waals surface area contributed by atoms with Crippen LogP contribution < -0.4 is 10.5 Å². The van der Waals surface area contributed by atoms with E-state index in [1.165, 1.54) is 0 Å². The highest BCUT2D eigenvalue weighted by Crippen LogP contribution is 2.22. The molecule has 0 atom stereocenters. The first-order valence-corrected chi connectivity index (χ1v) is 7.21. The number of benzene rings is 1. The predicted molar refractivity (Wildman–Crippen MR) is 88.8 cm³/mol. The van der Waals surface area contributed by atoms with Gasteiger partial charge >= 0.3 is 0 Å². The molecule has 3 rings (SSSR count). The van der Waals surface area contributed by atoms with Gasteiger partial charge in [0.15, 0.2) is 0 Å². The lowest BCUT2D eigenvalue weighted by Gasteiger charge is -2.05. The maximum Gasteiger partial charge on any atom is 0.137 e. The van der Waals surface area contributed by atoms with Crippen molar-refractivity contribution in [2.75, 3.05) is 6.61 Å². The maximum absolute atomic E-state index is 5.67. The predicted octanol–water partition coefficient (Wildman–Crippen LogP) is 3.41. The van der Waals surface area contributed by atoms with Crippen LogP contribution in [-0.2, 0) is 6.54 Å². The van der Waals surface area contributed by atoms with E-state index >= 15 is 0 Å². The number of hydrogen-bond donors (Lipinski definition) is 1. The third-order valence-electron chi connectivity index (χ3n) is 3.38. The van der Waals surface area contributed by atoms with E-state index in [2.05, 4.69) is 11.6 Å². The van der Waals surface area contributed by atoms with E-state index in [-0.39, 0.29) is 0 Å². The van der Waals surface area contributed by atoms with E-state index < -0.39 is 0 Å². The summed E-state index contributed by atoms with van der Waals surface area (Å²) in [7, 11) is 0. The van der Waals surface area contributed by atoms with Crippen LogP contribution in [0.2, 0.25) is 0 Å². The van der Waals surface area contributed by atoms with Crippen LogP contribution in [0.1, 0.15) is 12.5 Å². The number of rotatable bonds is 5. The van der Waals surface area contributed by atoms with Gasteiger partial charge in [-0.1, -0.05) is 12.6 Å². The van der Waals surface area contributed by atoms with Crippen molar-refractivity contribution >= 4 is 5.65 Å². The molecule has 0 saturated carbocycles. The van der Waals surface area contributed by atoms with Crippen molar-refractivity contribution in [2.45, 2.75) is 13.5 Å². The smallest absolute Gasteiger partial charge is 0.137 e. The number of fused-ring (bicyclic) bond motifs is 1. The molecule has 0 amide bonds. The average Bonchev–Trinajstić information content (AvgIpc) is 2.96. The van der Waals surface area contributed by atoms with Crippen molar-refractivity contribution in [2.24, 2.45) is 5.73 Å². The van der Waals surface area contributed by atoms with E-state index in [9.17, 15) is 0 Å². The minimum atomic E-state index is 0.526. The number of ether oxygens (including phenoxy) is 1. The number of pyridine rings is 1. The first-order valence-electron chi connectivity index (χ1n) is 7.21. The van der Waals surface area contributed by atoms with Crippen LogP contribution in [-0.4, -0.2) is 16.0 Å². The quantitative estimate of drug-likeness (QED) is 0.733. The van der Waals surface area contributed by atoms with Gasteiger partial charge in [0.2, 0.25) is 0 Å². The molecule has 0 bridgehead atoms. The summed E-state index contributed by atoms with van der Waals surface area (Å²) >= 11 is 0. The first-order chi connectivity index (χ1) is 10.7. The zero-order valence-electron chi connectivity index (χ0n) is 12.6. The van der Waals surface area contributed by atoms with Gasteiger partial charge in [-0.2, -0.15) is 0 Å². The zero-order chi connectivity index (χ0) is 15.5. The van der Waals surface area contributed by atoms with Crippen molar-refractivity contribution < 1.29 is 4.74 Å². The molecule has 0 saturated heterocycles. The number of aromatic nitrogens is 2. The molecule has 112 valence electrons. The second kappa shape index (κ2) is 6.03. The van der Waals surface area contributed by atoms with Crippen molar-refractivity contribution in [3.05, 3.63) is 66.5 Å². The Labute approximate surface area is 129 Å². The van der Waals surface area contributed by atoms with Gasteiger partial charge in [0.25, 0.3) is 0 Å². The molecule has 0 radical (unpaired) electrons. The minimum Gasteiger partial charge on any atom is -0.489 e. The fourth-order valence-electron chi connectivity index (χ4n) is 2.23. The number of imidazole rings is 1. The molecule has 3 aromatic rings. The maximum atomic E-state index is 5.67. The van der Waals surface area contributed by atoms with E-state index in [1.54, 1.807) is 0 Å². The van der Waals surface area contributed by atoms with Gasteiger partial charge in [0, 0.05) is 24.5 Å². The van der Waals surface area contributed by atoms with Gasteiger partial charge in [-0.3, -0.25) is 0 Å². The van der Waals surface area contributed by atoms with Crippen LogP contribution in [0.15, 0.2) is 60.9 Å². The molecule has 4 heteroatoms. The standard InChI is InChI=1S/C18H19N3O/c1-13(2)12-22-16-6-4-15(5-7-16)17-11-21-10-14(9-19)3-8-18(21)20-17/h3-8,10-11H,1,9,12,19H2,2H3. The van der Waals surface area contributed by atoms with Crippen molar-refractivity contribution in [3.8, 4) is 17.0 Å². The lowest BCUT2D eigenvalue weighted by Crippen LogP contribution is -1.97. The summed E-state index contributed by atoms with van der Waals surface area (Å²) in [4.78, 5) is 4.63. The van der Waals surface area contributed by atoms with Gasteiger partial charge in [0.05, 0.1) is 5.69 Å². The molecule has 0 aliphatic rings. The molecule has 0 spiro atoms. The van der Waals surface area contributed by atoms with Crippen LogP contribution in [0, 0.1) is 0 Å². The van der Waals surface area contributed by atoms with Gasteiger partial charge in [-0.15, -0.1) is 0 Å². The molecule has 0 unspecified atom stereocenters. The van der Waals surface area contributed by atoms with Gasteiger partial charge in [-0.05, 0) is 48.4 Å². The Bertz CT molecular complexity index is 803. The number of hydrogen-bond acceptors (Lipinski definition) is 3. The third-order valence-corrected chi connectivity index (χ3v) is 3.38. The molecule has 2 aromatic heterocycles. The van der Waals surface area contributed by atoms with E-state index in [0.717, 1.165) is 33.8 Å². The highest BCUT2D eigenvalue weighted by atomic mass is 16.5. The second-order valence-electron chi connectivity index (χ2n) is 5.40. The minimum absolute atomic E-state index is 0.526. The van der Waals surface area contributed by atoms with Crippen LogP contribution in [0.5, 0.6) is 5.75 Å². The van der Waals surface area contributed by atoms with Crippen LogP contribution >= 0.6 is 0 Å². The SMILES string of the molecule is C=C(C)COc1ccc(-c2cn3cc(CN)ccc3n2)cc1. The Morgan fingerprint density at radius 3 is 2.64 bits per heavy atom. The lowest BCUT2D eigenvalue weighted by molar-refractivity contribution is 0.353. The summed E-state index contributed by atoms with van der Waals surface area (Å²) in [5.41, 5.74) is 10.7. The summed E-state index contributed by atoms with van der Waals surface area (Å²) < 4.78 is 7.61. The summed E-state index contributed by atoms with van der Waals surface area (Å²) in [5, 5.41) is 0. The van der Waals surface area contributed by atoms with Crippen molar-refractivity contribution in [1.82, 2.24) is 9.38 Å². The molecule has 22 heavy (non-hydrogen) atoms. The highest BCUT2D eigenvalue weighted by Gasteiger charge is 2.05. The zero-order valence-corrected chi connectivity index (χ0v) is 12.6. The van der Waals surface area contributed by atoms with Crippen molar-refractivity contribution in [3.63, 3.8) is 0 Å². The number of nitrogens with zero attached hydrogens (tertiary/aromatic N) is 2. The highest BCUT2D eigenvalue weighted by molar-refractivity contribution is 5.63. The largest absolute Gasteiger partial charge is 0.489 e. The molecule has 1 aromatic carbocycles. The molecule has 0 aliphatic carbocycles. The Kier molecular flexibility index (Phi) is 3.94. The third kappa shape index (κ3) is 3.02. The Balaban J connectivity index is 1.85. The molecular weight excluding hydrogens is 274 g/mol. The first kappa shape index (κ1) is 14.4. The van der Waals surface area contributed by atoms with Crippen LogP contribution in [0.3, 0.4) is 0 Å². The van der Waals surface area contributed by atoms with Crippen molar-refractivity contribution in [1.29, 1.82) is 0 Å². The Morgan fingerprint density at radius 2 is 1.95 bits per heavy atom. The van der Waals surface area contributed by atoms with Gasteiger partial charge < -0.3 is 14.9 Å². The van der Waals surface area contributed by atoms with Gasteiger partial charge in [-0.25, -0.2) is 4.98 Å². The average molecular weight is 293 g/mol. The fraction of sp³-hybridized carbons (Fsp3) is 0.167. The molecule has 2 N–H and O–H groups in total. The summed E-state index contributed by atoms with van der Waals surface area (Å²) in [6.07, 6.45) is 4.02. The normalized spacial score (nSPS) is 10.8. The van der Waals surface area contributed by atoms with Gasteiger partial charge in [0.1, 0.15) is 18.0 Å². The number of nitrogens with two attached hydrogens (primary N) is 1. The summed E-state index contributed by atoms with van der Waals surface area (Å²) in [6.45, 7) is 6.84. The Morgan fingerprint density at radius 1 is 1.18 bits per heavy atom.